The topological polar surface area (TPSA) is 94.6 Å². The van der Waals surface area contributed by atoms with Gasteiger partial charge < -0.3 is 19.8 Å². The summed E-state index contributed by atoms with van der Waals surface area (Å²) in [7, 11) is 0. The molecule has 41 heavy (non-hydrogen) atoms. The molecule has 3 aromatic carbocycles. The highest BCUT2D eigenvalue weighted by Crippen LogP contribution is 2.30. The Balaban J connectivity index is 1.27. The van der Waals surface area contributed by atoms with Gasteiger partial charge in [0.1, 0.15) is 12.1 Å². The first-order valence-electron chi connectivity index (χ1n) is 14.4. The molecule has 7 nitrogen and oxygen atoms in total. The monoisotopic (exact) mass is 547 g/mol. The van der Waals surface area contributed by atoms with Crippen molar-refractivity contribution in [2.45, 2.75) is 39.2 Å². The average Bonchev–Trinajstić information content (AvgIpc) is 3.02. The van der Waals surface area contributed by atoms with E-state index in [0.717, 1.165) is 60.4 Å². The van der Waals surface area contributed by atoms with Gasteiger partial charge in [0, 0.05) is 38.3 Å². The quantitative estimate of drug-likeness (QED) is 0.475. The van der Waals surface area contributed by atoms with E-state index in [1.165, 1.54) is 11.1 Å². The van der Waals surface area contributed by atoms with Crippen LogP contribution in [0.3, 0.4) is 0 Å². The third-order valence-corrected chi connectivity index (χ3v) is 8.72. The van der Waals surface area contributed by atoms with E-state index in [-0.39, 0.29) is 18.6 Å². The zero-order chi connectivity index (χ0) is 28.9. The van der Waals surface area contributed by atoms with E-state index < -0.39 is 0 Å². The molecule has 0 saturated carbocycles. The first-order valence-corrected chi connectivity index (χ1v) is 14.4. The number of piperidine rings is 1. The van der Waals surface area contributed by atoms with Gasteiger partial charge in [-0.25, -0.2) is 0 Å². The van der Waals surface area contributed by atoms with Crippen molar-refractivity contribution < 1.29 is 9.90 Å². The van der Waals surface area contributed by atoms with Gasteiger partial charge in [-0.3, -0.25) is 4.79 Å². The van der Waals surface area contributed by atoms with Crippen LogP contribution in [0, 0.1) is 42.4 Å². The van der Waals surface area contributed by atoms with Crippen LogP contribution < -0.4 is 9.80 Å². The number of nitriles is 2. The van der Waals surface area contributed by atoms with Gasteiger partial charge in [0.15, 0.2) is 0 Å². The van der Waals surface area contributed by atoms with E-state index in [0.29, 0.717) is 31.1 Å². The molecule has 2 aliphatic heterocycles. The Labute approximate surface area is 242 Å². The molecule has 2 saturated heterocycles. The van der Waals surface area contributed by atoms with Crippen molar-refractivity contribution in [3.8, 4) is 12.1 Å². The average molecular weight is 548 g/mol. The standard InChI is InChI=1S/C34H37N5O2/c1-24-17-25(2)31(19-29(24)18-26-11-13-37(14-12-26)32-9-5-3-7-27(32)20-35)34(41)38-15-16-39(30(22-38)23-40)33-10-6-4-8-28(33)21-36/h3-10,17,19,26,30,40H,11-16,18,22-23H2,1-2H3/t30-/m1/s1. The van der Waals surface area contributed by atoms with Crippen LogP contribution in [0.5, 0.6) is 0 Å². The Kier molecular flexibility index (Phi) is 8.57. The highest BCUT2D eigenvalue weighted by molar-refractivity contribution is 5.96. The van der Waals surface area contributed by atoms with Crippen molar-refractivity contribution in [1.29, 1.82) is 10.5 Å². The summed E-state index contributed by atoms with van der Waals surface area (Å²) in [5.74, 6) is 0.519. The van der Waals surface area contributed by atoms with Gasteiger partial charge in [-0.2, -0.15) is 10.5 Å². The number of hydrogen-bond donors (Lipinski definition) is 1. The van der Waals surface area contributed by atoms with Crippen molar-refractivity contribution in [3.63, 3.8) is 0 Å². The molecule has 1 atom stereocenters. The second-order valence-corrected chi connectivity index (χ2v) is 11.3. The van der Waals surface area contributed by atoms with Gasteiger partial charge in [-0.05, 0) is 86.1 Å². The number of anilines is 2. The maximum absolute atomic E-state index is 13.8. The van der Waals surface area contributed by atoms with Gasteiger partial charge >= 0.3 is 0 Å². The summed E-state index contributed by atoms with van der Waals surface area (Å²) in [6, 6.07) is 23.7. The third kappa shape index (κ3) is 5.92. The minimum absolute atomic E-state index is 0.00153. The summed E-state index contributed by atoms with van der Waals surface area (Å²) in [4.78, 5) is 20.0. The number of amides is 1. The van der Waals surface area contributed by atoms with E-state index in [1.54, 1.807) is 6.07 Å². The van der Waals surface area contributed by atoms with Crippen LogP contribution in [-0.4, -0.2) is 61.3 Å². The second kappa shape index (κ2) is 12.5. The molecular weight excluding hydrogens is 510 g/mol. The fourth-order valence-corrected chi connectivity index (χ4v) is 6.38. The molecule has 0 bridgehead atoms. The number of para-hydroxylation sites is 2. The summed E-state index contributed by atoms with van der Waals surface area (Å²) in [6.45, 7) is 7.35. The molecule has 7 heteroatoms. The predicted octanol–water partition coefficient (Wildman–Crippen LogP) is 4.83. The smallest absolute Gasteiger partial charge is 0.254 e. The van der Waals surface area contributed by atoms with Gasteiger partial charge in [0.2, 0.25) is 0 Å². The van der Waals surface area contributed by atoms with Crippen molar-refractivity contribution in [2.24, 2.45) is 5.92 Å². The molecule has 0 radical (unpaired) electrons. The Morgan fingerprint density at radius 3 is 2.17 bits per heavy atom. The highest BCUT2D eigenvalue weighted by Gasteiger charge is 2.32. The maximum atomic E-state index is 13.8. The van der Waals surface area contributed by atoms with E-state index in [9.17, 15) is 20.4 Å². The summed E-state index contributed by atoms with van der Waals surface area (Å²) < 4.78 is 0. The van der Waals surface area contributed by atoms with Crippen LogP contribution in [0.25, 0.3) is 0 Å². The van der Waals surface area contributed by atoms with E-state index in [4.69, 9.17) is 0 Å². The molecule has 1 amide bonds. The highest BCUT2D eigenvalue weighted by atomic mass is 16.3. The van der Waals surface area contributed by atoms with Crippen LogP contribution in [0.4, 0.5) is 11.4 Å². The fraction of sp³-hybridized carbons (Fsp3) is 0.382. The van der Waals surface area contributed by atoms with Gasteiger partial charge in [0.25, 0.3) is 5.91 Å². The van der Waals surface area contributed by atoms with Crippen LogP contribution >= 0.6 is 0 Å². The number of nitrogens with zero attached hydrogens (tertiary/aromatic N) is 5. The van der Waals surface area contributed by atoms with E-state index in [1.807, 2.05) is 54.3 Å². The number of carbonyl (C=O) groups is 1. The number of aryl methyl sites for hydroxylation is 2. The van der Waals surface area contributed by atoms with E-state index in [2.05, 4.69) is 41.0 Å². The van der Waals surface area contributed by atoms with Gasteiger partial charge in [-0.15, -0.1) is 0 Å². The Bertz CT molecular complexity index is 1500. The molecule has 210 valence electrons. The van der Waals surface area contributed by atoms with Crippen molar-refractivity contribution in [3.05, 3.63) is 94.0 Å². The minimum atomic E-state index is -0.274. The number of hydrogen-bond acceptors (Lipinski definition) is 6. The Morgan fingerprint density at radius 1 is 0.878 bits per heavy atom. The SMILES string of the molecule is Cc1cc(C)c(C(=O)N2CCN(c3ccccc3C#N)[C@@H](CO)C2)cc1CC1CCN(c2ccccc2C#N)CC1. The predicted molar refractivity (Wildman–Crippen MR) is 161 cm³/mol. The zero-order valence-corrected chi connectivity index (χ0v) is 23.9. The lowest BCUT2D eigenvalue weighted by atomic mass is 9.86. The zero-order valence-electron chi connectivity index (χ0n) is 23.9. The third-order valence-electron chi connectivity index (χ3n) is 8.72. The molecule has 3 aromatic rings. The molecule has 2 fully saturated rings. The molecule has 0 aromatic heterocycles. The number of aliphatic hydroxyl groups excluding tert-OH is 1. The molecule has 0 aliphatic carbocycles. The molecule has 5 rings (SSSR count). The summed E-state index contributed by atoms with van der Waals surface area (Å²) in [5, 5.41) is 29.3. The van der Waals surface area contributed by atoms with Crippen LogP contribution in [0.2, 0.25) is 0 Å². The largest absolute Gasteiger partial charge is 0.394 e. The van der Waals surface area contributed by atoms with Crippen molar-refractivity contribution in [2.75, 3.05) is 49.1 Å². The second-order valence-electron chi connectivity index (χ2n) is 11.3. The minimum Gasteiger partial charge on any atom is -0.394 e. The number of rotatable bonds is 6. The molecular formula is C34H37N5O2. The van der Waals surface area contributed by atoms with Crippen molar-refractivity contribution in [1.82, 2.24) is 4.90 Å². The molecule has 2 heterocycles. The Morgan fingerprint density at radius 2 is 1.51 bits per heavy atom. The van der Waals surface area contributed by atoms with E-state index >= 15 is 0 Å². The maximum Gasteiger partial charge on any atom is 0.254 e. The van der Waals surface area contributed by atoms with Crippen LogP contribution in [-0.2, 0) is 6.42 Å². The first kappa shape index (κ1) is 28.2. The van der Waals surface area contributed by atoms with Crippen LogP contribution in [0.1, 0.15) is 51.0 Å². The molecule has 0 spiro atoms. The number of piperazine rings is 1. The molecule has 2 aliphatic rings. The summed E-state index contributed by atoms with van der Waals surface area (Å²) in [5.41, 5.74) is 7.25. The molecule has 0 unspecified atom stereocenters. The lowest BCUT2D eigenvalue weighted by Crippen LogP contribution is -2.56. The number of carbonyl (C=O) groups excluding carboxylic acids is 1. The van der Waals surface area contributed by atoms with Crippen molar-refractivity contribution >= 4 is 17.3 Å². The summed E-state index contributed by atoms with van der Waals surface area (Å²) in [6.07, 6.45) is 3.01. The van der Waals surface area contributed by atoms with Crippen LogP contribution in [0.15, 0.2) is 60.7 Å². The van der Waals surface area contributed by atoms with Gasteiger partial charge in [-0.1, -0.05) is 30.3 Å². The number of benzene rings is 3. The lowest BCUT2D eigenvalue weighted by Gasteiger charge is -2.42. The fourth-order valence-electron chi connectivity index (χ4n) is 6.38. The first-order chi connectivity index (χ1) is 19.9. The normalized spacial score (nSPS) is 17.7. The number of aliphatic hydroxyl groups is 1. The molecule has 1 N–H and O–H groups in total. The lowest BCUT2D eigenvalue weighted by molar-refractivity contribution is 0.0698. The summed E-state index contributed by atoms with van der Waals surface area (Å²) >= 11 is 0. The van der Waals surface area contributed by atoms with Gasteiger partial charge in [0.05, 0.1) is 35.2 Å². The Hall–Kier alpha value is -4.33.